The van der Waals surface area contributed by atoms with Crippen LogP contribution in [-0.2, 0) is 14.3 Å². The molecule has 0 spiro atoms. The fraction of sp³-hybridized carbons (Fsp3) is 0.824. The summed E-state index contributed by atoms with van der Waals surface area (Å²) in [5.74, 6) is 0. The van der Waals surface area contributed by atoms with Gasteiger partial charge in [0.15, 0.2) is 0 Å². The van der Waals surface area contributed by atoms with E-state index in [4.69, 9.17) is 14.3 Å². The number of hydrogen-bond donors (Lipinski definition) is 2. The third-order valence-electron chi connectivity index (χ3n) is 3.31. The van der Waals surface area contributed by atoms with Gasteiger partial charge in [0.1, 0.15) is 18.3 Å². The highest BCUT2D eigenvalue weighted by atomic mass is 16.6. The Hall–Kier alpha value is -1.99. The van der Waals surface area contributed by atoms with Crippen molar-refractivity contribution in [1.82, 2.24) is 10.6 Å². The lowest BCUT2D eigenvalue weighted by Crippen LogP contribution is -2.56. The van der Waals surface area contributed by atoms with Gasteiger partial charge in [-0.25, -0.2) is 9.59 Å². The molecule has 25 heavy (non-hydrogen) atoms. The molecule has 0 aromatic heterocycles. The van der Waals surface area contributed by atoms with Crippen LogP contribution in [0.2, 0.25) is 0 Å². The van der Waals surface area contributed by atoms with Gasteiger partial charge in [-0.05, 0) is 54.4 Å². The van der Waals surface area contributed by atoms with Crippen molar-refractivity contribution in [3.8, 4) is 0 Å². The van der Waals surface area contributed by atoms with Crippen LogP contribution in [0.15, 0.2) is 5.16 Å². The zero-order chi connectivity index (χ0) is 19.3. The smallest absolute Gasteiger partial charge is 0.407 e. The number of rotatable bonds is 3. The first kappa shape index (κ1) is 21.1. The monoisotopic (exact) mass is 357 g/mol. The van der Waals surface area contributed by atoms with Crippen LogP contribution >= 0.6 is 0 Å². The summed E-state index contributed by atoms with van der Waals surface area (Å²) in [5, 5.41) is 9.61. The van der Waals surface area contributed by atoms with Gasteiger partial charge in [0.25, 0.3) is 0 Å². The molecule has 1 saturated carbocycles. The lowest BCUT2D eigenvalue weighted by Gasteiger charge is -2.34. The largest absolute Gasteiger partial charge is 0.444 e. The molecule has 0 aromatic rings. The minimum Gasteiger partial charge on any atom is -0.444 e. The number of oxime groups is 1. The Morgan fingerprint density at radius 1 is 0.960 bits per heavy atom. The Morgan fingerprint density at radius 2 is 1.44 bits per heavy atom. The number of carbonyl (C=O) groups is 2. The second-order valence-electron chi connectivity index (χ2n) is 8.09. The first-order chi connectivity index (χ1) is 11.4. The second-order valence-corrected chi connectivity index (χ2v) is 8.09. The van der Waals surface area contributed by atoms with Crippen LogP contribution in [-0.4, -0.2) is 48.3 Å². The summed E-state index contributed by atoms with van der Waals surface area (Å²) in [5.41, 5.74) is -0.364. The van der Waals surface area contributed by atoms with E-state index >= 15 is 0 Å². The van der Waals surface area contributed by atoms with E-state index in [0.717, 1.165) is 5.71 Å². The fourth-order valence-electron chi connectivity index (χ4n) is 2.48. The van der Waals surface area contributed by atoms with Gasteiger partial charge in [-0.15, -0.1) is 0 Å². The third-order valence-corrected chi connectivity index (χ3v) is 3.31. The van der Waals surface area contributed by atoms with E-state index < -0.39 is 23.4 Å². The lowest BCUT2D eigenvalue weighted by atomic mass is 9.89. The van der Waals surface area contributed by atoms with Gasteiger partial charge in [0.2, 0.25) is 0 Å². The average Bonchev–Trinajstić information content (AvgIpc) is 2.37. The zero-order valence-corrected chi connectivity index (χ0v) is 16.3. The van der Waals surface area contributed by atoms with Gasteiger partial charge in [0, 0.05) is 6.42 Å². The molecule has 8 nitrogen and oxygen atoms in total. The third kappa shape index (κ3) is 8.60. The van der Waals surface area contributed by atoms with Crippen molar-refractivity contribution in [3.05, 3.63) is 0 Å². The van der Waals surface area contributed by atoms with Gasteiger partial charge in [0.05, 0.1) is 17.8 Å². The summed E-state index contributed by atoms with van der Waals surface area (Å²) in [4.78, 5) is 29.0. The molecule has 1 aliphatic rings. The van der Waals surface area contributed by atoms with E-state index in [2.05, 4.69) is 15.8 Å². The van der Waals surface area contributed by atoms with Crippen molar-refractivity contribution in [3.63, 3.8) is 0 Å². The Kier molecular flexibility index (Phi) is 7.07. The zero-order valence-electron chi connectivity index (χ0n) is 16.3. The van der Waals surface area contributed by atoms with E-state index in [-0.39, 0.29) is 12.1 Å². The highest BCUT2D eigenvalue weighted by molar-refractivity contribution is 5.86. The molecule has 0 aliphatic heterocycles. The maximum atomic E-state index is 12.1. The van der Waals surface area contributed by atoms with Crippen molar-refractivity contribution in [2.75, 3.05) is 7.11 Å². The minimum atomic E-state index is -0.601. The molecule has 1 aliphatic carbocycles. The maximum Gasteiger partial charge on any atom is 0.407 e. The number of carbonyl (C=O) groups excluding carboxylic acids is 2. The van der Waals surface area contributed by atoms with Crippen molar-refractivity contribution in [2.45, 2.75) is 84.1 Å². The lowest BCUT2D eigenvalue weighted by molar-refractivity contribution is 0.0423. The number of alkyl carbamates (subject to hydrolysis) is 2. The summed E-state index contributed by atoms with van der Waals surface area (Å²) in [6.07, 6.45) is 0.698. The number of nitrogens with one attached hydrogen (secondary N) is 2. The van der Waals surface area contributed by atoms with Crippen molar-refractivity contribution in [2.24, 2.45) is 5.16 Å². The van der Waals surface area contributed by atoms with E-state index in [1.54, 1.807) is 41.5 Å². The maximum absolute atomic E-state index is 12.1. The van der Waals surface area contributed by atoms with Gasteiger partial charge < -0.3 is 24.9 Å². The summed E-state index contributed by atoms with van der Waals surface area (Å²) < 4.78 is 10.6. The van der Waals surface area contributed by atoms with Gasteiger partial charge in [-0.1, -0.05) is 5.16 Å². The molecule has 0 saturated heterocycles. The number of ether oxygens (including phenoxy) is 2. The molecule has 1 unspecified atom stereocenters. The number of nitrogens with zero attached hydrogens (tertiary/aromatic N) is 1. The van der Waals surface area contributed by atoms with Crippen LogP contribution in [0.1, 0.15) is 60.8 Å². The molecule has 0 heterocycles. The molecular weight excluding hydrogens is 326 g/mol. The molecule has 8 heteroatoms. The molecule has 144 valence electrons. The first-order valence-electron chi connectivity index (χ1n) is 8.47. The highest BCUT2D eigenvalue weighted by Gasteiger charge is 2.33. The van der Waals surface area contributed by atoms with Crippen LogP contribution in [0.3, 0.4) is 0 Å². The Bertz CT molecular complexity index is 505. The molecule has 0 aromatic carbocycles. The molecular formula is C17H31N3O5. The quantitative estimate of drug-likeness (QED) is 0.757. The van der Waals surface area contributed by atoms with Gasteiger partial charge in [-0.3, -0.25) is 0 Å². The van der Waals surface area contributed by atoms with Crippen molar-refractivity contribution >= 4 is 17.9 Å². The second kappa shape index (κ2) is 8.40. The molecule has 1 rings (SSSR count). The Morgan fingerprint density at radius 3 is 1.88 bits per heavy atom. The summed E-state index contributed by atoms with van der Waals surface area (Å²) in [6, 6.07) is -0.636. The normalized spacial score (nSPS) is 22.9. The van der Waals surface area contributed by atoms with Crippen LogP contribution in [0.4, 0.5) is 9.59 Å². The predicted octanol–water partition coefficient (Wildman–Crippen LogP) is 2.96. The summed E-state index contributed by atoms with van der Waals surface area (Å²) in [6.45, 7) is 10.8. The average molecular weight is 357 g/mol. The van der Waals surface area contributed by atoms with Crippen molar-refractivity contribution in [1.29, 1.82) is 0 Å². The molecule has 0 radical (unpaired) electrons. The predicted molar refractivity (Wildman–Crippen MR) is 94.6 cm³/mol. The first-order valence-corrected chi connectivity index (χ1v) is 8.47. The minimum absolute atomic E-state index is 0.279. The molecule has 1 fully saturated rings. The molecule has 2 N–H and O–H groups in total. The van der Waals surface area contributed by atoms with Crippen LogP contribution in [0, 0.1) is 0 Å². The van der Waals surface area contributed by atoms with E-state index in [9.17, 15) is 9.59 Å². The van der Waals surface area contributed by atoms with Crippen LogP contribution < -0.4 is 10.6 Å². The Balaban J connectivity index is 2.77. The topological polar surface area (TPSA) is 98.3 Å². The molecule has 0 bridgehead atoms. The SMILES string of the molecule is CON=C1CC[C@H](NC(=O)OC(C)(C)C)C(NC(=O)OC(C)(C)C)C1. The van der Waals surface area contributed by atoms with Gasteiger partial charge in [-0.2, -0.15) is 0 Å². The van der Waals surface area contributed by atoms with Crippen LogP contribution in [0.25, 0.3) is 0 Å². The highest BCUT2D eigenvalue weighted by Crippen LogP contribution is 2.19. The fourth-order valence-corrected chi connectivity index (χ4v) is 2.48. The van der Waals surface area contributed by atoms with E-state index in [1.165, 1.54) is 7.11 Å². The molecule has 2 atom stereocenters. The summed E-state index contributed by atoms with van der Waals surface area (Å²) >= 11 is 0. The summed E-state index contributed by atoms with van der Waals surface area (Å²) in [7, 11) is 1.48. The van der Waals surface area contributed by atoms with E-state index in [0.29, 0.717) is 19.3 Å². The van der Waals surface area contributed by atoms with E-state index in [1.807, 2.05) is 0 Å². The molecule has 2 amide bonds. The standard InChI is InChI=1S/C17H31N3O5/c1-16(2,3)24-14(21)18-12-9-8-11(20-23-7)10-13(12)19-15(22)25-17(4,5)6/h12-13H,8-10H2,1-7H3,(H,18,21)(H,19,22)/t12-,13?/m0/s1. The number of hydrogen-bond acceptors (Lipinski definition) is 6. The van der Waals surface area contributed by atoms with Gasteiger partial charge >= 0.3 is 12.2 Å². The Labute approximate surface area is 149 Å². The van der Waals surface area contributed by atoms with Crippen LogP contribution in [0.5, 0.6) is 0 Å². The van der Waals surface area contributed by atoms with Crippen molar-refractivity contribution < 1.29 is 23.9 Å². The number of amides is 2.